The molecule has 1 aromatic heterocycles. The van der Waals surface area contributed by atoms with Crippen molar-refractivity contribution in [2.45, 2.75) is 0 Å². The van der Waals surface area contributed by atoms with Crippen LogP contribution in [-0.4, -0.2) is 47.3 Å². The number of rotatable bonds is 4. The summed E-state index contributed by atoms with van der Waals surface area (Å²) in [6.07, 6.45) is 2.94. The Morgan fingerprint density at radius 1 is 1.14 bits per heavy atom. The van der Waals surface area contributed by atoms with Crippen molar-refractivity contribution < 1.29 is 9.59 Å². The summed E-state index contributed by atoms with van der Waals surface area (Å²) < 4.78 is 0. The minimum atomic E-state index is -0.293. The van der Waals surface area contributed by atoms with Crippen LogP contribution in [0.4, 0.5) is 0 Å². The molecular weight excluding hydrogens is 268 g/mol. The molecule has 0 aliphatic rings. The van der Waals surface area contributed by atoms with Crippen LogP contribution in [0.5, 0.6) is 0 Å². The maximum atomic E-state index is 12.1. The third-order valence-corrected chi connectivity index (χ3v) is 2.94. The SMILES string of the molecule is CNC(=O)CN(C)C(=O)c1cnc(-c2ccccc2)nc1. The van der Waals surface area contributed by atoms with Crippen molar-refractivity contribution in [3.05, 3.63) is 48.3 Å². The summed E-state index contributed by atoms with van der Waals surface area (Å²) in [6, 6.07) is 9.50. The van der Waals surface area contributed by atoms with Crippen LogP contribution >= 0.6 is 0 Å². The fraction of sp³-hybridized carbons (Fsp3) is 0.200. The van der Waals surface area contributed by atoms with Crippen molar-refractivity contribution in [2.24, 2.45) is 0 Å². The smallest absolute Gasteiger partial charge is 0.257 e. The molecule has 1 N–H and O–H groups in total. The number of carbonyl (C=O) groups is 2. The van der Waals surface area contributed by atoms with Gasteiger partial charge in [-0.15, -0.1) is 0 Å². The van der Waals surface area contributed by atoms with E-state index in [0.717, 1.165) is 5.56 Å². The van der Waals surface area contributed by atoms with E-state index in [-0.39, 0.29) is 18.4 Å². The van der Waals surface area contributed by atoms with Crippen LogP contribution < -0.4 is 5.32 Å². The van der Waals surface area contributed by atoms with Crippen LogP contribution in [0.3, 0.4) is 0 Å². The van der Waals surface area contributed by atoms with Gasteiger partial charge < -0.3 is 10.2 Å². The first kappa shape index (κ1) is 14.6. The molecule has 6 heteroatoms. The molecule has 0 aliphatic carbocycles. The summed E-state index contributed by atoms with van der Waals surface area (Å²) in [7, 11) is 3.08. The van der Waals surface area contributed by atoms with Gasteiger partial charge in [-0.3, -0.25) is 9.59 Å². The third kappa shape index (κ3) is 3.62. The quantitative estimate of drug-likeness (QED) is 0.907. The minimum absolute atomic E-state index is 0.00420. The van der Waals surface area contributed by atoms with E-state index in [2.05, 4.69) is 15.3 Å². The van der Waals surface area contributed by atoms with Crippen LogP contribution in [-0.2, 0) is 4.79 Å². The second-order valence-electron chi connectivity index (χ2n) is 4.50. The average Bonchev–Trinajstić information content (AvgIpc) is 2.55. The number of benzene rings is 1. The largest absolute Gasteiger partial charge is 0.358 e. The van der Waals surface area contributed by atoms with Gasteiger partial charge in [-0.25, -0.2) is 9.97 Å². The molecule has 6 nitrogen and oxygen atoms in total. The van der Waals surface area contributed by atoms with Crippen LogP contribution in [0.1, 0.15) is 10.4 Å². The molecule has 108 valence electrons. The number of hydrogen-bond acceptors (Lipinski definition) is 4. The zero-order valence-corrected chi connectivity index (χ0v) is 11.9. The molecule has 0 saturated carbocycles. The molecule has 1 heterocycles. The van der Waals surface area contributed by atoms with E-state index < -0.39 is 0 Å². The lowest BCUT2D eigenvalue weighted by molar-refractivity contribution is -0.121. The molecule has 0 fully saturated rings. The molecule has 2 amide bonds. The van der Waals surface area contributed by atoms with Gasteiger partial charge in [0.1, 0.15) is 0 Å². The van der Waals surface area contributed by atoms with Crippen molar-refractivity contribution in [3.8, 4) is 11.4 Å². The molecule has 2 aromatic rings. The topological polar surface area (TPSA) is 75.2 Å². The van der Waals surface area contributed by atoms with E-state index >= 15 is 0 Å². The van der Waals surface area contributed by atoms with Crippen molar-refractivity contribution in [1.82, 2.24) is 20.2 Å². The number of nitrogens with one attached hydrogen (secondary N) is 1. The Labute approximate surface area is 122 Å². The Kier molecular flexibility index (Phi) is 4.61. The van der Waals surface area contributed by atoms with E-state index in [4.69, 9.17) is 0 Å². The monoisotopic (exact) mass is 284 g/mol. The number of hydrogen-bond donors (Lipinski definition) is 1. The summed E-state index contributed by atoms with van der Waals surface area (Å²) >= 11 is 0. The molecule has 0 unspecified atom stereocenters. The fourth-order valence-corrected chi connectivity index (χ4v) is 1.76. The Morgan fingerprint density at radius 3 is 2.33 bits per heavy atom. The Morgan fingerprint density at radius 2 is 1.76 bits per heavy atom. The molecular formula is C15H16N4O2. The predicted octanol–water partition coefficient (Wildman–Crippen LogP) is 0.962. The summed E-state index contributed by atoms with van der Waals surface area (Å²) in [5.41, 5.74) is 1.23. The third-order valence-electron chi connectivity index (χ3n) is 2.94. The van der Waals surface area contributed by atoms with E-state index in [1.54, 1.807) is 7.05 Å². The molecule has 21 heavy (non-hydrogen) atoms. The maximum absolute atomic E-state index is 12.1. The lowest BCUT2D eigenvalue weighted by Crippen LogP contribution is -2.37. The van der Waals surface area contributed by atoms with Crippen LogP contribution in [0.15, 0.2) is 42.7 Å². The van der Waals surface area contributed by atoms with Gasteiger partial charge in [0.2, 0.25) is 5.91 Å². The van der Waals surface area contributed by atoms with Gasteiger partial charge in [0.15, 0.2) is 5.82 Å². The normalized spacial score (nSPS) is 10.0. The number of carbonyl (C=O) groups excluding carboxylic acids is 2. The molecule has 1 aromatic carbocycles. The minimum Gasteiger partial charge on any atom is -0.358 e. The maximum Gasteiger partial charge on any atom is 0.257 e. The summed E-state index contributed by atoms with van der Waals surface area (Å²) in [5, 5.41) is 2.47. The Bertz CT molecular complexity index is 626. The lowest BCUT2D eigenvalue weighted by Gasteiger charge is -2.15. The molecule has 0 aliphatic heterocycles. The second kappa shape index (κ2) is 6.60. The van der Waals surface area contributed by atoms with E-state index in [1.165, 1.54) is 24.3 Å². The number of aromatic nitrogens is 2. The number of nitrogens with zero attached hydrogens (tertiary/aromatic N) is 3. The van der Waals surface area contributed by atoms with Gasteiger partial charge in [-0.1, -0.05) is 30.3 Å². The molecule has 0 spiro atoms. The van der Waals surface area contributed by atoms with Gasteiger partial charge in [0, 0.05) is 32.1 Å². The molecule has 0 bridgehead atoms. The van der Waals surface area contributed by atoms with E-state index in [0.29, 0.717) is 11.4 Å². The molecule has 2 rings (SSSR count). The first-order chi connectivity index (χ1) is 10.1. The number of amides is 2. The Hall–Kier alpha value is -2.76. The summed E-state index contributed by atoms with van der Waals surface area (Å²) in [5.74, 6) is 0.0343. The van der Waals surface area contributed by atoms with Crippen molar-refractivity contribution in [2.75, 3.05) is 20.6 Å². The molecule has 0 saturated heterocycles. The van der Waals surface area contributed by atoms with Crippen molar-refractivity contribution in [3.63, 3.8) is 0 Å². The highest BCUT2D eigenvalue weighted by atomic mass is 16.2. The van der Waals surface area contributed by atoms with E-state index in [9.17, 15) is 9.59 Å². The van der Waals surface area contributed by atoms with Gasteiger partial charge >= 0.3 is 0 Å². The van der Waals surface area contributed by atoms with E-state index in [1.807, 2.05) is 30.3 Å². The van der Waals surface area contributed by atoms with Gasteiger partial charge in [0.25, 0.3) is 5.91 Å². The standard InChI is InChI=1S/C15H16N4O2/c1-16-13(20)10-19(2)15(21)12-8-17-14(18-9-12)11-6-4-3-5-7-11/h3-9H,10H2,1-2H3,(H,16,20). The van der Waals surface area contributed by atoms with Gasteiger partial charge in [-0.05, 0) is 0 Å². The molecule has 0 radical (unpaired) electrons. The van der Waals surface area contributed by atoms with Gasteiger partial charge in [0.05, 0.1) is 12.1 Å². The fourth-order valence-electron chi connectivity index (χ4n) is 1.76. The zero-order chi connectivity index (χ0) is 15.2. The second-order valence-corrected chi connectivity index (χ2v) is 4.50. The highest BCUT2D eigenvalue weighted by molar-refractivity contribution is 5.95. The highest BCUT2D eigenvalue weighted by Crippen LogP contribution is 2.13. The van der Waals surface area contributed by atoms with Crippen LogP contribution in [0.25, 0.3) is 11.4 Å². The van der Waals surface area contributed by atoms with Crippen LogP contribution in [0, 0.1) is 0 Å². The first-order valence-corrected chi connectivity index (χ1v) is 6.45. The van der Waals surface area contributed by atoms with Crippen molar-refractivity contribution >= 4 is 11.8 Å². The zero-order valence-electron chi connectivity index (χ0n) is 11.9. The summed E-state index contributed by atoms with van der Waals surface area (Å²) in [4.78, 5) is 33.1. The van der Waals surface area contributed by atoms with Crippen LogP contribution in [0.2, 0.25) is 0 Å². The first-order valence-electron chi connectivity index (χ1n) is 6.45. The van der Waals surface area contributed by atoms with Crippen molar-refractivity contribution in [1.29, 1.82) is 0 Å². The van der Waals surface area contributed by atoms with Gasteiger partial charge in [-0.2, -0.15) is 0 Å². The highest BCUT2D eigenvalue weighted by Gasteiger charge is 2.15. The average molecular weight is 284 g/mol. The molecule has 0 atom stereocenters. The lowest BCUT2D eigenvalue weighted by atomic mass is 10.2. The number of likely N-dealkylation sites (N-methyl/N-ethyl adjacent to an activating group) is 2. The predicted molar refractivity (Wildman–Crippen MR) is 78.5 cm³/mol. The summed E-state index contributed by atoms with van der Waals surface area (Å²) in [6.45, 7) is -0.00420. The Balaban J connectivity index is 2.12.